The van der Waals surface area contributed by atoms with E-state index >= 15 is 0 Å². The van der Waals surface area contributed by atoms with E-state index in [0.29, 0.717) is 0 Å². The molecule has 0 unspecified atom stereocenters. The summed E-state index contributed by atoms with van der Waals surface area (Å²) >= 11 is 9.56. The smallest absolute Gasteiger partial charge is 0.0457 e. The molecule has 1 radical (unpaired) electrons. The number of hydrogen-bond acceptors (Lipinski definition) is 2. The first-order valence-electron chi connectivity index (χ1n) is 2.15. The first kappa shape index (κ1) is 5.79. The highest BCUT2D eigenvalue weighted by Gasteiger charge is 1.92. The lowest BCUT2D eigenvalue weighted by Crippen LogP contribution is -1.94. The second-order valence-electron chi connectivity index (χ2n) is 1.39. The van der Waals surface area contributed by atoms with E-state index in [-0.39, 0.29) is 0 Å². The summed E-state index contributed by atoms with van der Waals surface area (Å²) in [4.78, 5) is 1.51. The van der Waals surface area contributed by atoms with Gasteiger partial charge in [-0.05, 0) is 18.2 Å². The quantitative estimate of drug-likeness (QED) is 0.468. The van der Waals surface area contributed by atoms with Crippen molar-refractivity contribution in [2.45, 2.75) is 0 Å². The molecule has 0 saturated carbocycles. The SMILES string of the molecule is S=C1[C]=CC(=S)C=C1. The van der Waals surface area contributed by atoms with Gasteiger partial charge in [0.05, 0.1) is 0 Å². The fraction of sp³-hybridized carbons (Fsp3) is 0. The molecule has 0 N–H and O–H groups in total. The van der Waals surface area contributed by atoms with E-state index in [2.05, 4.69) is 6.08 Å². The Labute approximate surface area is 58.9 Å². The first-order chi connectivity index (χ1) is 3.79. The topological polar surface area (TPSA) is 0 Å². The van der Waals surface area contributed by atoms with E-state index in [9.17, 15) is 0 Å². The molecule has 1 aliphatic rings. The summed E-state index contributed by atoms with van der Waals surface area (Å²) in [6, 6.07) is 0. The molecule has 39 valence electrons. The summed E-state index contributed by atoms with van der Waals surface area (Å²) in [6.45, 7) is 0. The van der Waals surface area contributed by atoms with Gasteiger partial charge in [-0.15, -0.1) is 0 Å². The van der Waals surface area contributed by atoms with Gasteiger partial charge in [0.1, 0.15) is 0 Å². The van der Waals surface area contributed by atoms with Crippen LogP contribution < -0.4 is 0 Å². The second-order valence-corrected chi connectivity index (χ2v) is 2.30. The fourth-order valence-electron chi connectivity index (χ4n) is 0.396. The van der Waals surface area contributed by atoms with Crippen molar-refractivity contribution in [2.75, 3.05) is 0 Å². The third-order valence-corrected chi connectivity index (χ3v) is 1.26. The molecule has 0 saturated heterocycles. The largest absolute Gasteiger partial charge is 0.0801 e. The molecule has 1 rings (SSSR count). The van der Waals surface area contributed by atoms with Gasteiger partial charge in [-0.1, -0.05) is 24.4 Å². The summed E-state index contributed by atoms with van der Waals surface area (Å²) in [5.41, 5.74) is 0. The van der Waals surface area contributed by atoms with Crippen molar-refractivity contribution in [1.82, 2.24) is 0 Å². The third-order valence-electron chi connectivity index (χ3n) is 0.756. The van der Waals surface area contributed by atoms with E-state index in [1.807, 2.05) is 0 Å². The summed E-state index contributed by atoms with van der Waals surface area (Å²) < 4.78 is 0. The lowest BCUT2D eigenvalue weighted by atomic mass is 10.2. The summed E-state index contributed by atoms with van der Waals surface area (Å²) in [6.07, 6.45) is 8.09. The van der Waals surface area contributed by atoms with Crippen LogP contribution in [0.4, 0.5) is 0 Å². The highest BCUT2D eigenvalue weighted by Crippen LogP contribution is 1.94. The van der Waals surface area contributed by atoms with Gasteiger partial charge in [-0.2, -0.15) is 0 Å². The molecule has 0 amide bonds. The maximum atomic E-state index is 4.79. The van der Waals surface area contributed by atoms with Crippen molar-refractivity contribution < 1.29 is 0 Å². The molecule has 0 aromatic heterocycles. The molecule has 0 spiro atoms. The molecule has 0 aliphatic heterocycles. The number of rotatable bonds is 0. The highest BCUT2D eigenvalue weighted by atomic mass is 32.1. The van der Waals surface area contributed by atoms with Crippen molar-refractivity contribution >= 4 is 34.2 Å². The maximum absolute atomic E-state index is 4.79. The normalized spacial score (nSPS) is 17.5. The van der Waals surface area contributed by atoms with Gasteiger partial charge in [0.2, 0.25) is 0 Å². The number of thiocarbonyl (C=S) groups is 2. The molecule has 1 aliphatic carbocycles. The average molecular weight is 139 g/mol. The van der Waals surface area contributed by atoms with Gasteiger partial charge in [0.25, 0.3) is 0 Å². The molecular formula is C6H3S2. The van der Waals surface area contributed by atoms with Crippen LogP contribution in [0.3, 0.4) is 0 Å². The zero-order chi connectivity index (χ0) is 5.98. The zero-order valence-electron chi connectivity index (χ0n) is 4.05. The predicted octanol–water partition coefficient (Wildman–Crippen LogP) is 1.66. The first-order valence-corrected chi connectivity index (χ1v) is 2.96. The molecule has 2 heteroatoms. The molecule has 0 atom stereocenters. The lowest BCUT2D eigenvalue weighted by molar-refractivity contribution is 2.03. The molecule has 0 aromatic carbocycles. The van der Waals surface area contributed by atoms with Gasteiger partial charge in [0.15, 0.2) is 0 Å². The van der Waals surface area contributed by atoms with Crippen molar-refractivity contribution in [3.8, 4) is 0 Å². The highest BCUT2D eigenvalue weighted by molar-refractivity contribution is 7.81. The Hall–Kier alpha value is -0.340. The predicted molar refractivity (Wildman–Crippen MR) is 42.1 cm³/mol. The average Bonchev–Trinajstić information content (AvgIpc) is 1.77. The van der Waals surface area contributed by atoms with E-state index < -0.39 is 0 Å². The Morgan fingerprint density at radius 3 is 2.38 bits per heavy atom. The van der Waals surface area contributed by atoms with E-state index in [1.54, 1.807) is 18.2 Å². The molecule has 0 fully saturated rings. The van der Waals surface area contributed by atoms with Crippen molar-refractivity contribution in [3.05, 3.63) is 24.3 Å². The van der Waals surface area contributed by atoms with Crippen LogP contribution in [0.15, 0.2) is 18.2 Å². The Balaban J connectivity index is 2.83. The Bertz CT molecular complexity index is 149. The van der Waals surface area contributed by atoms with Crippen LogP contribution in [0.25, 0.3) is 0 Å². The van der Waals surface area contributed by atoms with E-state index in [4.69, 9.17) is 24.4 Å². The van der Waals surface area contributed by atoms with E-state index in [1.165, 1.54) is 0 Å². The second kappa shape index (κ2) is 2.29. The van der Waals surface area contributed by atoms with E-state index in [0.717, 1.165) is 9.73 Å². The van der Waals surface area contributed by atoms with Crippen LogP contribution in [0.1, 0.15) is 0 Å². The summed E-state index contributed by atoms with van der Waals surface area (Å²) in [5, 5.41) is 0. The van der Waals surface area contributed by atoms with Crippen LogP contribution in [-0.2, 0) is 0 Å². The summed E-state index contributed by atoms with van der Waals surface area (Å²) in [5.74, 6) is 0. The van der Waals surface area contributed by atoms with Gasteiger partial charge >= 0.3 is 0 Å². The zero-order valence-corrected chi connectivity index (χ0v) is 5.68. The minimum absolute atomic E-state index is 0.721. The monoisotopic (exact) mass is 139 g/mol. The number of allylic oxidation sites excluding steroid dienone is 4. The maximum Gasteiger partial charge on any atom is 0.0457 e. The lowest BCUT2D eigenvalue weighted by Gasteiger charge is -1.92. The van der Waals surface area contributed by atoms with Crippen molar-refractivity contribution in [3.63, 3.8) is 0 Å². The fourth-order valence-corrected chi connectivity index (χ4v) is 0.650. The summed E-state index contributed by atoms with van der Waals surface area (Å²) in [7, 11) is 0. The molecule has 0 nitrogen and oxygen atoms in total. The van der Waals surface area contributed by atoms with Crippen LogP contribution in [0.5, 0.6) is 0 Å². The Morgan fingerprint density at radius 2 is 2.00 bits per heavy atom. The van der Waals surface area contributed by atoms with Gasteiger partial charge in [-0.3, -0.25) is 0 Å². The van der Waals surface area contributed by atoms with Crippen LogP contribution in [0.2, 0.25) is 0 Å². The van der Waals surface area contributed by atoms with Gasteiger partial charge < -0.3 is 0 Å². The Kier molecular flexibility index (Phi) is 1.65. The molecular weight excluding hydrogens is 136 g/mol. The molecule has 0 aromatic rings. The van der Waals surface area contributed by atoms with Crippen LogP contribution >= 0.6 is 24.4 Å². The molecule has 0 bridgehead atoms. The number of hydrogen-bond donors (Lipinski definition) is 0. The van der Waals surface area contributed by atoms with Crippen LogP contribution in [-0.4, -0.2) is 9.73 Å². The molecule has 0 heterocycles. The molecule has 8 heavy (non-hydrogen) atoms. The van der Waals surface area contributed by atoms with Gasteiger partial charge in [0, 0.05) is 15.8 Å². The standard InChI is InChI=1S/C6H3S2/c7-5-1-2-6(8)4-3-5/h1-3H. The minimum atomic E-state index is 0.721. The third kappa shape index (κ3) is 1.32. The van der Waals surface area contributed by atoms with Crippen molar-refractivity contribution in [1.29, 1.82) is 0 Å². The van der Waals surface area contributed by atoms with Gasteiger partial charge in [-0.25, -0.2) is 0 Å². The van der Waals surface area contributed by atoms with Crippen LogP contribution in [0, 0.1) is 6.08 Å². The minimum Gasteiger partial charge on any atom is -0.0801 e. The van der Waals surface area contributed by atoms with Crippen molar-refractivity contribution in [2.24, 2.45) is 0 Å². The Morgan fingerprint density at radius 1 is 1.25 bits per heavy atom.